The molecule has 0 unspecified atom stereocenters. The number of amides is 1. The monoisotopic (exact) mass is 382 g/mol. The fourth-order valence-electron chi connectivity index (χ4n) is 2.21. The van der Waals surface area contributed by atoms with Crippen molar-refractivity contribution < 1.29 is 9.90 Å². The number of halogens is 1. The number of nitrogens with one attached hydrogen (secondary N) is 1. The van der Waals surface area contributed by atoms with Crippen LogP contribution in [0, 0.1) is 6.92 Å². The number of aromatic hydroxyl groups is 1. The lowest BCUT2D eigenvalue weighted by Gasteiger charge is -2.23. The first kappa shape index (κ1) is 17.0. The van der Waals surface area contributed by atoms with Crippen molar-refractivity contribution in [3.05, 3.63) is 50.1 Å². The summed E-state index contributed by atoms with van der Waals surface area (Å²) in [4.78, 5) is 15.6. The number of likely N-dealkylation sites (N-methyl/N-ethyl adjacent to an activating group) is 1. The van der Waals surface area contributed by atoms with E-state index in [2.05, 4.69) is 32.2 Å². The zero-order valence-corrected chi connectivity index (χ0v) is 15.2. The van der Waals surface area contributed by atoms with E-state index < -0.39 is 0 Å². The summed E-state index contributed by atoms with van der Waals surface area (Å²) < 4.78 is 0.528. The highest BCUT2D eigenvalue weighted by Gasteiger charge is 2.19. The molecule has 22 heavy (non-hydrogen) atoms. The SMILES string of the molecule is Cc1cc(Br)c(O)c(C(=O)NC[C@@H](c2cccs2)N(C)C)c1. The number of hydrogen-bond acceptors (Lipinski definition) is 4. The van der Waals surface area contributed by atoms with Gasteiger partial charge in [-0.3, -0.25) is 4.79 Å². The number of phenolic OH excluding ortho intramolecular Hbond substituents is 1. The second kappa shape index (κ2) is 7.26. The van der Waals surface area contributed by atoms with E-state index in [9.17, 15) is 9.90 Å². The first-order valence-electron chi connectivity index (χ1n) is 6.87. The second-order valence-corrected chi connectivity index (χ2v) is 7.18. The van der Waals surface area contributed by atoms with Crippen molar-refractivity contribution in [1.82, 2.24) is 10.2 Å². The van der Waals surface area contributed by atoms with Gasteiger partial charge in [-0.1, -0.05) is 6.07 Å². The molecule has 1 aromatic heterocycles. The van der Waals surface area contributed by atoms with Crippen LogP contribution in [0.4, 0.5) is 0 Å². The van der Waals surface area contributed by atoms with Crippen molar-refractivity contribution in [1.29, 1.82) is 0 Å². The van der Waals surface area contributed by atoms with Crippen molar-refractivity contribution in [3.63, 3.8) is 0 Å². The standard InChI is InChI=1S/C16H19BrN2O2S/c1-10-7-11(15(20)12(17)8-10)16(21)18-9-13(19(2)3)14-5-4-6-22-14/h4-8,13,20H,9H2,1-3H3,(H,18,21)/t13-/m0/s1. The number of rotatable bonds is 5. The summed E-state index contributed by atoms with van der Waals surface area (Å²) in [6.45, 7) is 2.37. The number of thiophene rings is 1. The van der Waals surface area contributed by atoms with Crippen molar-refractivity contribution in [2.24, 2.45) is 0 Å². The van der Waals surface area contributed by atoms with Crippen molar-refractivity contribution in [2.75, 3.05) is 20.6 Å². The van der Waals surface area contributed by atoms with Crippen LogP contribution < -0.4 is 5.32 Å². The van der Waals surface area contributed by atoms with Gasteiger partial charge in [-0.25, -0.2) is 0 Å². The fraction of sp³-hybridized carbons (Fsp3) is 0.312. The Bertz CT molecular complexity index is 656. The van der Waals surface area contributed by atoms with Gasteiger partial charge in [0.05, 0.1) is 16.1 Å². The fourth-order valence-corrected chi connectivity index (χ4v) is 3.71. The third-order valence-corrected chi connectivity index (χ3v) is 4.98. The third kappa shape index (κ3) is 3.88. The largest absolute Gasteiger partial charge is 0.506 e. The van der Waals surface area contributed by atoms with Gasteiger partial charge in [0.2, 0.25) is 0 Å². The Morgan fingerprint density at radius 3 is 2.77 bits per heavy atom. The second-order valence-electron chi connectivity index (χ2n) is 5.35. The number of aryl methyl sites for hydroxylation is 1. The van der Waals surface area contributed by atoms with Crippen LogP contribution in [0.5, 0.6) is 5.75 Å². The summed E-state index contributed by atoms with van der Waals surface area (Å²) in [5, 5.41) is 15.0. The van der Waals surface area contributed by atoms with Crippen molar-refractivity contribution in [3.8, 4) is 5.75 Å². The molecule has 1 amide bonds. The minimum Gasteiger partial charge on any atom is -0.506 e. The lowest BCUT2D eigenvalue weighted by molar-refractivity contribution is 0.0939. The molecule has 0 radical (unpaired) electrons. The van der Waals surface area contributed by atoms with E-state index in [-0.39, 0.29) is 23.3 Å². The summed E-state index contributed by atoms with van der Waals surface area (Å²) in [6.07, 6.45) is 0. The average Bonchev–Trinajstić information content (AvgIpc) is 2.96. The molecule has 0 spiro atoms. The Morgan fingerprint density at radius 1 is 1.45 bits per heavy atom. The van der Waals surface area contributed by atoms with Gasteiger partial charge in [0, 0.05) is 11.4 Å². The van der Waals surface area contributed by atoms with E-state index in [0.717, 1.165) is 5.56 Å². The molecule has 4 nitrogen and oxygen atoms in total. The molecule has 2 aromatic rings. The molecule has 0 fully saturated rings. The molecule has 0 saturated heterocycles. The molecule has 6 heteroatoms. The van der Waals surface area contributed by atoms with Gasteiger partial charge in [-0.05, 0) is 66.1 Å². The summed E-state index contributed by atoms with van der Waals surface area (Å²) in [7, 11) is 3.97. The smallest absolute Gasteiger partial charge is 0.255 e. The molecule has 1 aromatic carbocycles. The molecule has 0 saturated carbocycles. The molecule has 0 bridgehead atoms. The van der Waals surface area contributed by atoms with Crippen LogP contribution in [-0.4, -0.2) is 36.6 Å². The van der Waals surface area contributed by atoms with E-state index in [0.29, 0.717) is 11.0 Å². The summed E-state index contributed by atoms with van der Waals surface area (Å²) >= 11 is 4.93. The minimum atomic E-state index is -0.273. The van der Waals surface area contributed by atoms with Crippen LogP contribution in [0.1, 0.15) is 26.8 Å². The molecule has 118 valence electrons. The van der Waals surface area contributed by atoms with Gasteiger partial charge in [0.1, 0.15) is 5.75 Å². The Labute approximate surface area is 142 Å². The number of phenols is 1. The molecule has 2 rings (SSSR count). The lowest BCUT2D eigenvalue weighted by Crippen LogP contribution is -2.34. The molecular weight excluding hydrogens is 364 g/mol. The highest BCUT2D eigenvalue weighted by molar-refractivity contribution is 9.10. The Balaban J connectivity index is 2.12. The Kier molecular flexibility index (Phi) is 5.61. The van der Waals surface area contributed by atoms with Gasteiger partial charge in [-0.15, -0.1) is 11.3 Å². The topological polar surface area (TPSA) is 52.6 Å². The third-order valence-electron chi connectivity index (χ3n) is 3.40. The summed E-state index contributed by atoms with van der Waals surface area (Å²) in [6, 6.07) is 7.63. The highest BCUT2D eigenvalue weighted by atomic mass is 79.9. The minimum absolute atomic E-state index is 0.0272. The molecule has 0 aliphatic rings. The van der Waals surface area contributed by atoms with Gasteiger partial charge < -0.3 is 15.3 Å². The molecular formula is C16H19BrN2O2S. The number of nitrogens with zero attached hydrogens (tertiary/aromatic N) is 1. The number of carbonyl (C=O) groups excluding carboxylic acids is 1. The van der Waals surface area contributed by atoms with Crippen LogP contribution in [0.3, 0.4) is 0 Å². The van der Waals surface area contributed by atoms with E-state index in [1.165, 1.54) is 4.88 Å². The quantitative estimate of drug-likeness (QED) is 0.830. The van der Waals surface area contributed by atoms with Crippen LogP contribution in [-0.2, 0) is 0 Å². The number of benzene rings is 1. The molecule has 1 atom stereocenters. The molecule has 0 aliphatic carbocycles. The van der Waals surface area contributed by atoms with Crippen molar-refractivity contribution >= 4 is 33.2 Å². The van der Waals surface area contributed by atoms with Crippen molar-refractivity contribution in [2.45, 2.75) is 13.0 Å². The zero-order valence-electron chi connectivity index (χ0n) is 12.8. The first-order valence-corrected chi connectivity index (χ1v) is 8.54. The Hall–Kier alpha value is -1.37. The van der Waals surface area contributed by atoms with Gasteiger partial charge in [0.15, 0.2) is 0 Å². The molecule has 2 N–H and O–H groups in total. The zero-order chi connectivity index (χ0) is 16.3. The van der Waals surface area contributed by atoms with E-state index in [1.54, 1.807) is 23.5 Å². The summed E-state index contributed by atoms with van der Waals surface area (Å²) in [5.74, 6) is -0.300. The number of hydrogen-bond donors (Lipinski definition) is 2. The van der Waals surface area contributed by atoms with Gasteiger partial charge in [-0.2, -0.15) is 0 Å². The Morgan fingerprint density at radius 2 is 2.18 bits per heavy atom. The van der Waals surface area contributed by atoms with Crippen LogP contribution in [0.2, 0.25) is 0 Å². The van der Waals surface area contributed by atoms with E-state index in [1.807, 2.05) is 32.5 Å². The normalized spacial score (nSPS) is 12.4. The summed E-state index contributed by atoms with van der Waals surface area (Å²) in [5.41, 5.74) is 1.20. The first-order chi connectivity index (χ1) is 10.4. The molecule has 1 heterocycles. The van der Waals surface area contributed by atoms with E-state index >= 15 is 0 Å². The lowest BCUT2D eigenvalue weighted by atomic mass is 10.1. The molecule has 0 aliphatic heterocycles. The van der Waals surface area contributed by atoms with E-state index in [4.69, 9.17) is 0 Å². The number of carbonyl (C=O) groups is 1. The average molecular weight is 383 g/mol. The predicted octanol–water partition coefficient (Wildman–Crippen LogP) is 3.56. The van der Waals surface area contributed by atoms with Crippen LogP contribution in [0.15, 0.2) is 34.1 Å². The highest BCUT2D eigenvalue weighted by Crippen LogP contribution is 2.29. The maximum absolute atomic E-state index is 12.4. The van der Waals surface area contributed by atoms with Gasteiger partial charge >= 0.3 is 0 Å². The van der Waals surface area contributed by atoms with Crippen LogP contribution in [0.25, 0.3) is 0 Å². The maximum atomic E-state index is 12.4. The van der Waals surface area contributed by atoms with Crippen LogP contribution >= 0.6 is 27.3 Å². The predicted molar refractivity (Wildman–Crippen MR) is 93.6 cm³/mol. The maximum Gasteiger partial charge on any atom is 0.255 e. The van der Waals surface area contributed by atoms with Gasteiger partial charge in [0.25, 0.3) is 5.91 Å².